The normalized spacial score (nSPS) is 17.3. The molecule has 0 spiro atoms. The number of aromatic nitrogens is 2. The number of hydrogen-bond acceptors (Lipinski definition) is 3. The molecule has 1 aromatic rings. The molecule has 0 radical (unpaired) electrons. The highest BCUT2D eigenvalue weighted by molar-refractivity contribution is 6.31. The van der Waals surface area contributed by atoms with Gasteiger partial charge in [0, 0.05) is 13.1 Å². The van der Waals surface area contributed by atoms with Crippen molar-refractivity contribution in [3.63, 3.8) is 0 Å². The Morgan fingerprint density at radius 2 is 1.81 bits per heavy atom. The molecule has 1 atom stereocenters. The first-order valence-electron chi connectivity index (χ1n) is 5.74. The Hall–Kier alpha value is -0.830. The summed E-state index contributed by atoms with van der Waals surface area (Å²) in [5.41, 5.74) is 1.86. The molecule has 1 heterocycles. The third kappa shape index (κ3) is 2.14. The van der Waals surface area contributed by atoms with Crippen LogP contribution in [0.1, 0.15) is 31.2 Å². The zero-order valence-electron chi connectivity index (χ0n) is 10.3. The van der Waals surface area contributed by atoms with Crippen molar-refractivity contribution in [3.05, 3.63) is 16.5 Å². The van der Waals surface area contributed by atoms with Gasteiger partial charge in [-0.3, -0.25) is 0 Å². The van der Waals surface area contributed by atoms with Crippen LogP contribution in [0.4, 0.5) is 5.82 Å². The van der Waals surface area contributed by atoms with E-state index in [0.29, 0.717) is 11.2 Å². The Labute approximate surface area is 102 Å². The summed E-state index contributed by atoms with van der Waals surface area (Å²) in [5, 5.41) is 0.512. The molecule has 88 valence electrons. The molecule has 4 heteroatoms. The van der Waals surface area contributed by atoms with Gasteiger partial charge in [0.25, 0.3) is 0 Å². The monoisotopic (exact) mass is 239 g/mol. The predicted octanol–water partition coefficient (Wildman–Crippen LogP) is 2.98. The molecule has 0 bridgehead atoms. The lowest BCUT2D eigenvalue weighted by Gasteiger charge is -2.26. The van der Waals surface area contributed by atoms with Crippen LogP contribution in [0.2, 0.25) is 5.15 Å². The molecule has 1 aliphatic rings. The molecule has 2 rings (SSSR count). The fourth-order valence-corrected chi connectivity index (χ4v) is 2.18. The average Bonchev–Trinajstić information content (AvgIpc) is 3.05. The molecular weight excluding hydrogens is 222 g/mol. The van der Waals surface area contributed by atoms with Crippen LogP contribution in [0, 0.1) is 19.8 Å². The third-order valence-electron chi connectivity index (χ3n) is 3.50. The Kier molecular flexibility index (Phi) is 3.06. The van der Waals surface area contributed by atoms with Crippen LogP contribution in [0.25, 0.3) is 0 Å². The number of nitrogens with zero attached hydrogens (tertiary/aromatic N) is 3. The number of anilines is 1. The molecule has 0 N–H and O–H groups in total. The minimum Gasteiger partial charge on any atom is -0.354 e. The summed E-state index contributed by atoms with van der Waals surface area (Å²) >= 11 is 6.15. The third-order valence-corrected chi connectivity index (χ3v) is 3.75. The molecular formula is C12H18ClN3. The Balaban J connectivity index is 2.28. The van der Waals surface area contributed by atoms with E-state index in [9.17, 15) is 0 Å². The molecule has 3 nitrogen and oxygen atoms in total. The van der Waals surface area contributed by atoms with Crippen molar-refractivity contribution in [3.8, 4) is 0 Å². The van der Waals surface area contributed by atoms with Crippen LogP contribution in [-0.4, -0.2) is 23.1 Å². The maximum absolute atomic E-state index is 6.15. The maximum atomic E-state index is 6.15. The summed E-state index contributed by atoms with van der Waals surface area (Å²) in [6.45, 7) is 6.13. The highest BCUT2D eigenvalue weighted by Gasteiger charge is 2.32. The molecule has 1 saturated carbocycles. The highest BCUT2D eigenvalue weighted by atomic mass is 35.5. The lowest BCUT2D eigenvalue weighted by molar-refractivity contribution is 0.602. The van der Waals surface area contributed by atoms with Gasteiger partial charge in [0.2, 0.25) is 0 Å². The summed E-state index contributed by atoms with van der Waals surface area (Å²) in [6.07, 6.45) is 2.64. The molecule has 0 aromatic carbocycles. The number of aryl methyl sites for hydroxylation is 2. The SMILES string of the molecule is Cc1nc(Cl)c(N(C)C(C)C2CC2)nc1C. The van der Waals surface area contributed by atoms with E-state index in [1.807, 2.05) is 20.9 Å². The van der Waals surface area contributed by atoms with E-state index in [1.165, 1.54) is 12.8 Å². The minimum atomic E-state index is 0.494. The molecule has 1 aromatic heterocycles. The lowest BCUT2D eigenvalue weighted by atomic mass is 10.2. The van der Waals surface area contributed by atoms with Crippen molar-refractivity contribution in [2.24, 2.45) is 5.92 Å². The maximum Gasteiger partial charge on any atom is 0.171 e. The fraction of sp³-hybridized carbons (Fsp3) is 0.667. The van der Waals surface area contributed by atoms with Gasteiger partial charge in [-0.1, -0.05) is 11.6 Å². The lowest BCUT2D eigenvalue weighted by Crippen LogP contribution is -2.32. The van der Waals surface area contributed by atoms with Crippen LogP contribution in [0.5, 0.6) is 0 Å². The van der Waals surface area contributed by atoms with Crippen molar-refractivity contribution in [1.29, 1.82) is 0 Å². The summed E-state index contributed by atoms with van der Waals surface area (Å²) in [6, 6.07) is 0.494. The van der Waals surface area contributed by atoms with Crippen molar-refractivity contribution in [1.82, 2.24) is 9.97 Å². The molecule has 1 fully saturated rings. The molecule has 1 unspecified atom stereocenters. The summed E-state index contributed by atoms with van der Waals surface area (Å²) in [7, 11) is 2.05. The van der Waals surface area contributed by atoms with Gasteiger partial charge >= 0.3 is 0 Å². The van der Waals surface area contributed by atoms with Gasteiger partial charge in [0.15, 0.2) is 11.0 Å². The van der Waals surface area contributed by atoms with Crippen molar-refractivity contribution in [2.75, 3.05) is 11.9 Å². The van der Waals surface area contributed by atoms with Gasteiger partial charge in [0.05, 0.1) is 11.4 Å². The number of rotatable bonds is 3. The number of halogens is 1. The quantitative estimate of drug-likeness (QED) is 0.812. The Morgan fingerprint density at radius 3 is 2.38 bits per heavy atom. The van der Waals surface area contributed by atoms with E-state index in [0.717, 1.165) is 23.1 Å². The molecule has 16 heavy (non-hydrogen) atoms. The van der Waals surface area contributed by atoms with Gasteiger partial charge in [-0.05, 0) is 39.5 Å². The van der Waals surface area contributed by atoms with Crippen LogP contribution < -0.4 is 4.90 Å². The topological polar surface area (TPSA) is 29.0 Å². The first-order valence-corrected chi connectivity index (χ1v) is 6.12. The van der Waals surface area contributed by atoms with E-state index in [-0.39, 0.29) is 0 Å². The largest absolute Gasteiger partial charge is 0.354 e. The summed E-state index contributed by atoms with van der Waals surface area (Å²) < 4.78 is 0. The van der Waals surface area contributed by atoms with Crippen molar-refractivity contribution >= 4 is 17.4 Å². The number of hydrogen-bond donors (Lipinski definition) is 0. The molecule has 1 aliphatic carbocycles. The van der Waals surface area contributed by atoms with Crippen LogP contribution in [0.3, 0.4) is 0 Å². The first kappa shape index (κ1) is 11.6. The van der Waals surface area contributed by atoms with E-state index in [1.54, 1.807) is 0 Å². The van der Waals surface area contributed by atoms with E-state index in [4.69, 9.17) is 11.6 Å². The van der Waals surface area contributed by atoms with E-state index < -0.39 is 0 Å². The zero-order chi connectivity index (χ0) is 11.9. The minimum absolute atomic E-state index is 0.494. The second-order valence-electron chi connectivity index (χ2n) is 4.70. The van der Waals surface area contributed by atoms with Gasteiger partial charge < -0.3 is 4.90 Å². The van der Waals surface area contributed by atoms with E-state index >= 15 is 0 Å². The van der Waals surface area contributed by atoms with Gasteiger partial charge in [-0.25, -0.2) is 9.97 Å². The standard InChI is InChI=1S/C12H18ClN3/c1-7-8(2)15-12(11(13)14-7)16(4)9(3)10-5-6-10/h9-10H,5-6H2,1-4H3. The average molecular weight is 240 g/mol. The highest BCUT2D eigenvalue weighted by Crippen LogP contribution is 2.37. The fourth-order valence-electron chi connectivity index (χ4n) is 1.88. The Bertz CT molecular complexity index is 401. The molecule has 0 aliphatic heterocycles. The smallest absolute Gasteiger partial charge is 0.171 e. The van der Waals surface area contributed by atoms with Gasteiger partial charge in [-0.15, -0.1) is 0 Å². The molecule has 0 saturated heterocycles. The Morgan fingerprint density at radius 1 is 1.25 bits per heavy atom. The van der Waals surface area contributed by atoms with Crippen LogP contribution in [0.15, 0.2) is 0 Å². The second kappa shape index (κ2) is 4.21. The zero-order valence-corrected chi connectivity index (χ0v) is 11.0. The van der Waals surface area contributed by atoms with Gasteiger partial charge in [0.1, 0.15) is 0 Å². The molecule has 0 amide bonds. The van der Waals surface area contributed by atoms with Crippen LogP contribution >= 0.6 is 11.6 Å². The van der Waals surface area contributed by atoms with Crippen molar-refractivity contribution in [2.45, 2.75) is 39.7 Å². The van der Waals surface area contributed by atoms with E-state index in [2.05, 4.69) is 21.8 Å². The summed E-state index contributed by atoms with van der Waals surface area (Å²) in [4.78, 5) is 11.0. The van der Waals surface area contributed by atoms with Crippen LogP contribution in [-0.2, 0) is 0 Å². The van der Waals surface area contributed by atoms with Crippen molar-refractivity contribution < 1.29 is 0 Å². The summed E-state index contributed by atoms with van der Waals surface area (Å²) in [5.74, 6) is 1.61. The predicted molar refractivity (Wildman–Crippen MR) is 67.1 cm³/mol. The van der Waals surface area contributed by atoms with Gasteiger partial charge in [-0.2, -0.15) is 0 Å². The first-order chi connectivity index (χ1) is 7.50. The second-order valence-corrected chi connectivity index (χ2v) is 5.06.